The van der Waals surface area contributed by atoms with E-state index in [0.717, 1.165) is 0 Å². The summed E-state index contributed by atoms with van der Waals surface area (Å²) in [6.07, 6.45) is 0. The third kappa shape index (κ3) is 3.29. The van der Waals surface area contributed by atoms with E-state index in [1.165, 1.54) is 12.1 Å². The predicted octanol–water partition coefficient (Wildman–Crippen LogP) is 2.26. The van der Waals surface area contributed by atoms with Crippen LogP contribution >= 0.6 is 11.6 Å². The van der Waals surface area contributed by atoms with Crippen LogP contribution in [-0.2, 0) is 24.5 Å². The summed E-state index contributed by atoms with van der Waals surface area (Å²) in [5, 5.41) is 9.91. The first-order valence-corrected chi connectivity index (χ1v) is 6.61. The van der Waals surface area contributed by atoms with E-state index in [1.807, 2.05) is 0 Å². The van der Waals surface area contributed by atoms with Crippen LogP contribution in [0.25, 0.3) is 0 Å². The first kappa shape index (κ1) is 16.5. The molecular weight excluding hydrogens is 284 g/mol. The van der Waals surface area contributed by atoms with Crippen molar-refractivity contribution >= 4 is 23.5 Å². The largest absolute Gasteiger partial charge is 0.480 e. The summed E-state index contributed by atoms with van der Waals surface area (Å²) in [6, 6.07) is 6.14. The fraction of sp³-hybridized carbons (Fsp3) is 0.429. The summed E-state index contributed by atoms with van der Waals surface area (Å²) < 4.78 is 10.1. The van der Waals surface area contributed by atoms with Crippen LogP contribution < -0.4 is 0 Å². The van der Waals surface area contributed by atoms with Crippen LogP contribution in [0.4, 0.5) is 0 Å². The Labute approximate surface area is 122 Å². The number of carbonyl (C=O) groups excluding carboxylic acids is 1. The van der Waals surface area contributed by atoms with Crippen LogP contribution in [0.15, 0.2) is 24.3 Å². The lowest BCUT2D eigenvalue weighted by atomic mass is 9.81. The summed E-state index contributed by atoms with van der Waals surface area (Å²) in [5.74, 6) is -2.19. The molecule has 0 spiro atoms. The molecule has 1 aromatic rings. The lowest BCUT2D eigenvalue weighted by molar-refractivity contribution is -0.165. The van der Waals surface area contributed by atoms with Crippen molar-refractivity contribution < 1.29 is 24.2 Å². The van der Waals surface area contributed by atoms with Gasteiger partial charge in [0.05, 0.1) is 13.2 Å². The van der Waals surface area contributed by atoms with Crippen molar-refractivity contribution in [3.63, 3.8) is 0 Å². The molecule has 0 aliphatic rings. The van der Waals surface area contributed by atoms with Crippen molar-refractivity contribution in [1.29, 1.82) is 0 Å². The van der Waals surface area contributed by atoms with Crippen molar-refractivity contribution in [1.82, 2.24) is 0 Å². The van der Waals surface area contributed by atoms with Crippen LogP contribution in [0.2, 0.25) is 5.02 Å². The first-order chi connectivity index (χ1) is 9.48. The number of esters is 1. The van der Waals surface area contributed by atoms with Crippen molar-refractivity contribution in [3.05, 3.63) is 34.9 Å². The van der Waals surface area contributed by atoms with Gasteiger partial charge in [0.1, 0.15) is 0 Å². The Bertz CT molecular complexity index is 488. The molecular formula is C14H17ClO5. The minimum absolute atomic E-state index is 0.0839. The minimum atomic E-state index is -1.91. The lowest BCUT2D eigenvalue weighted by Gasteiger charge is -2.27. The van der Waals surface area contributed by atoms with E-state index < -0.39 is 17.4 Å². The van der Waals surface area contributed by atoms with Gasteiger partial charge in [0.25, 0.3) is 0 Å². The smallest absolute Gasteiger partial charge is 0.330 e. The molecule has 6 heteroatoms. The number of ether oxygens (including phenoxy) is 2. The number of carbonyl (C=O) groups is 2. The Balaban J connectivity index is 3.36. The monoisotopic (exact) mass is 300 g/mol. The van der Waals surface area contributed by atoms with Gasteiger partial charge in [0.2, 0.25) is 5.41 Å². The number of carboxylic acid groups (broad SMARTS) is 1. The van der Waals surface area contributed by atoms with Crippen molar-refractivity contribution in [3.8, 4) is 0 Å². The van der Waals surface area contributed by atoms with E-state index >= 15 is 0 Å². The predicted molar refractivity (Wildman–Crippen MR) is 73.9 cm³/mol. The highest BCUT2D eigenvalue weighted by Crippen LogP contribution is 2.29. The highest BCUT2D eigenvalue weighted by atomic mass is 35.5. The zero-order chi connectivity index (χ0) is 15.2. The molecule has 0 fully saturated rings. The van der Waals surface area contributed by atoms with E-state index in [0.29, 0.717) is 5.02 Å². The van der Waals surface area contributed by atoms with Crippen molar-refractivity contribution in [2.45, 2.75) is 19.3 Å². The molecule has 0 aromatic heterocycles. The summed E-state index contributed by atoms with van der Waals surface area (Å²) in [7, 11) is 0. The van der Waals surface area contributed by atoms with Crippen LogP contribution in [0.1, 0.15) is 19.4 Å². The van der Waals surface area contributed by atoms with Crippen LogP contribution in [0.5, 0.6) is 0 Å². The highest BCUT2D eigenvalue weighted by Gasteiger charge is 2.50. The molecule has 0 aliphatic heterocycles. The zero-order valence-electron chi connectivity index (χ0n) is 11.4. The fourth-order valence-corrected chi connectivity index (χ4v) is 1.99. The van der Waals surface area contributed by atoms with E-state index in [-0.39, 0.29) is 25.4 Å². The molecule has 1 aromatic carbocycles. The standard InChI is InChI=1S/C14H17ClO5/c1-3-19-9-14(12(16)17,13(18)20-4-2)10-6-5-7-11(15)8-10/h5-8H,3-4,9H2,1-2H3,(H,16,17). The number of hydrogen-bond acceptors (Lipinski definition) is 4. The number of aliphatic carboxylic acids is 1. The second-order valence-corrected chi connectivity index (χ2v) is 4.51. The highest BCUT2D eigenvalue weighted by molar-refractivity contribution is 6.30. The van der Waals surface area contributed by atoms with Gasteiger partial charge < -0.3 is 14.6 Å². The molecule has 5 nitrogen and oxygen atoms in total. The van der Waals surface area contributed by atoms with Crippen LogP contribution in [0, 0.1) is 0 Å². The fourth-order valence-electron chi connectivity index (χ4n) is 1.80. The Morgan fingerprint density at radius 1 is 1.30 bits per heavy atom. The van der Waals surface area contributed by atoms with Gasteiger partial charge in [-0.15, -0.1) is 0 Å². The van der Waals surface area contributed by atoms with Gasteiger partial charge in [0.15, 0.2) is 0 Å². The third-order valence-electron chi connectivity index (χ3n) is 2.83. The molecule has 1 rings (SSSR count). The number of benzene rings is 1. The van der Waals surface area contributed by atoms with Crippen molar-refractivity contribution in [2.75, 3.05) is 19.8 Å². The topological polar surface area (TPSA) is 72.8 Å². The SMILES string of the molecule is CCOCC(C(=O)O)(C(=O)OCC)c1cccc(Cl)c1. The van der Waals surface area contributed by atoms with E-state index in [4.69, 9.17) is 21.1 Å². The summed E-state index contributed by atoms with van der Waals surface area (Å²) in [5.41, 5.74) is -1.67. The molecule has 0 amide bonds. The van der Waals surface area contributed by atoms with Gasteiger partial charge in [0, 0.05) is 11.6 Å². The van der Waals surface area contributed by atoms with Crippen LogP contribution in [0.3, 0.4) is 0 Å². The van der Waals surface area contributed by atoms with E-state index in [9.17, 15) is 14.7 Å². The maximum Gasteiger partial charge on any atom is 0.330 e. The molecule has 1 unspecified atom stereocenters. The Hall–Kier alpha value is -1.59. The number of rotatable bonds is 7. The van der Waals surface area contributed by atoms with Gasteiger partial charge in [-0.3, -0.25) is 9.59 Å². The average Bonchev–Trinajstić information content (AvgIpc) is 2.39. The molecule has 0 saturated carbocycles. The molecule has 20 heavy (non-hydrogen) atoms. The second kappa shape index (κ2) is 7.26. The number of halogens is 1. The number of carboxylic acids is 1. The van der Waals surface area contributed by atoms with Gasteiger partial charge in [-0.1, -0.05) is 23.7 Å². The zero-order valence-corrected chi connectivity index (χ0v) is 12.1. The normalized spacial score (nSPS) is 13.6. The number of hydrogen-bond donors (Lipinski definition) is 1. The summed E-state index contributed by atoms with van der Waals surface area (Å²) in [6.45, 7) is 3.40. The third-order valence-corrected chi connectivity index (χ3v) is 3.06. The van der Waals surface area contributed by atoms with Gasteiger partial charge in [-0.05, 0) is 31.5 Å². The van der Waals surface area contributed by atoms with Gasteiger partial charge in [-0.25, -0.2) is 0 Å². The lowest BCUT2D eigenvalue weighted by Crippen LogP contribution is -2.49. The van der Waals surface area contributed by atoms with E-state index in [2.05, 4.69) is 0 Å². The molecule has 0 radical (unpaired) electrons. The molecule has 1 N–H and O–H groups in total. The quantitative estimate of drug-likeness (QED) is 0.617. The van der Waals surface area contributed by atoms with Gasteiger partial charge in [-0.2, -0.15) is 0 Å². The molecule has 110 valence electrons. The molecule has 0 bridgehead atoms. The Morgan fingerprint density at radius 3 is 2.50 bits per heavy atom. The van der Waals surface area contributed by atoms with Crippen LogP contribution in [-0.4, -0.2) is 36.9 Å². The summed E-state index contributed by atoms with van der Waals surface area (Å²) >= 11 is 5.89. The van der Waals surface area contributed by atoms with Crippen molar-refractivity contribution in [2.24, 2.45) is 0 Å². The Morgan fingerprint density at radius 2 is 2.00 bits per heavy atom. The molecule has 0 saturated heterocycles. The second-order valence-electron chi connectivity index (χ2n) is 4.08. The first-order valence-electron chi connectivity index (χ1n) is 6.23. The molecule has 1 atom stereocenters. The average molecular weight is 301 g/mol. The van der Waals surface area contributed by atoms with Gasteiger partial charge >= 0.3 is 11.9 Å². The maximum absolute atomic E-state index is 12.2. The molecule has 0 aliphatic carbocycles. The van der Waals surface area contributed by atoms with E-state index in [1.54, 1.807) is 26.0 Å². The maximum atomic E-state index is 12.2. The molecule has 0 heterocycles. The summed E-state index contributed by atoms with van der Waals surface area (Å²) in [4.78, 5) is 23.9. The minimum Gasteiger partial charge on any atom is -0.480 e. The Kier molecular flexibility index (Phi) is 5.98.